The average molecular weight is 388 g/mol. The van der Waals surface area contributed by atoms with E-state index in [-0.39, 0.29) is 30.4 Å². The van der Waals surface area contributed by atoms with Gasteiger partial charge in [0.2, 0.25) is 0 Å². The molecule has 1 atom stereocenters. The number of ether oxygens (including phenoxy) is 1. The molecule has 146 valence electrons. The molecule has 3 nitrogen and oxygen atoms in total. The fraction of sp³-hybridized carbons (Fsp3) is 0.435. The van der Waals surface area contributed by atoms with E-state index in [1.165, 1.54) is 32.1 Å². The Balaban J connectivity index is 0.00000261. The first-order valence-corrected chi connectivity index (χ1v) is 9.78. The zero-order valence-electron chi connectivity index (χ0n) is 16.0. The van der Waals surface area contributed by atoms with Crippen molar-refractivity contribution in [1.82, 2.24) is 5.32 Å². The second-order valence-electron chi connectivity index (χ2n) is 7.25. The maximum Gasteiger partial charge on any atom is 0.318 e. The molecule has 0 aliphatic heterocycles. The third kappa shape index (κ3) is 6.37. The highest BCUT2D eigenvalue weighted by Gasteiger charge is 2.26. The van der Waals surface area contributed by atoms with Crippen LogP contribution in [0, 0.1) is 0 Å². The molecule has 1 aliphatic carbocycles. The highest BCUT2D eigenvalue weighted by Crippen LogP contribution is 2.26. The highest BCUT2D eigenvalue weighted by molar-refractivity contribution is 5.85. The molecule has 0 spiro atoms. The van der Waals surface area contributed by atoms with E-state index in [2.05, 4.69) is 5.32 Å². The number of benzene rings is 2. The molecule has 1 N–H and O–H groups in total. The third-order valence-corrected chi connectivity index (χ3v) is 5.12. The molecule has 0 radical (unpaired) electrons. The van der Waals surface area contributed by atoms with Crippen molar-refractivity contribution in [3.63, 3.8) is 0 Å². The first kappa shape index (κ1) is 21.5. The van der Waals surface area contributed by atoms with E-state index in [1.807, 2.05) is 67.6 Å². The van der Waals surface area contributed by atoms with Crippen molar-refractivity contribution >= 4 is 18.4 Å². The Labute approximate surface area is 168 Å². The van der Waals surface area contributed by atoms with E-state index in [1.54, 1.807) is 0 Å². The minimum absolute atomic E-state index is 0. The lowest BCUT2D eigenvalue weighted by atomic mass is 9.91. The summed E-state index contributed by atoms with van der Waals surface area (Å²) >= 11 is 0. The van der Waals surface area contributed by atoms with Gasteiger partial charge in [0, 0.05) is 12.6 Å². The SMILES string of the molecule is CC(CNC1CCCCC1)OC(=O)C(c1ccccc1)c1ccccc1.Cl. The quantitative estimate of drug-likeness (QED) is 0.672. The van der Waals surface area contributed by atoms with E-state index in [4.69, 9.17) is 4.74 Å². The lowest BCUT2D eigenvalue weighted by molar-refractivity contribution is -0.148. The molecule has 1 unspecified atom stereocenters. The normalized spacial score (nSPS) is 15.8. The standard InChI is InChI=1S/C23H29NO2.ClH/c1-18(17-24-21-15-9-4-10-16-21)26-23(25)22(19-11-5-2-6-12-19)20-13-7-3-8-14-20;/h2-3,5-8,11-14,18,21-22,24H,4,9-10,15-17H2,1H3;1H. The molecule has 4 heteroatoms. The van der Waals surface area contributed by atoms with Crippen LogP contribution in [0.2, 0.25) is 0 Å². The molecule has 3 rings (SSSR count). The minimum Gasteiger partial charge on any atom is -0.461 e. The Morgan fingerprint density at radius 3 is 2.00 bits per heavy atom. The molecule has 1 fully saturated rings. The maximum atomic E-state index is 13.0. The van der Waals surface area contributed by atoms with Crippen molar-refractivity contribution in [3.05, 3.63) is 71.8 Å². The van der Waals surface area contributed by atoms with Crippen LogP contribution in [0.25, 0.3) is 0 Å². The van der Waals surface area contributed by atoms with Crippen LogP contribution in [-0.2, 0) is 9.53 Å². The zero-order valence-corrected chi connectivity index (χ0v) is 16.8. The Morgan fingerprint density at radius 2 is 1.48 bits per heavy atom. The van der Waals surface area contributed by atoms with E-state index in [0.29, 0.717) is 12.6 Å². The summed E-state index contributed by atoms with van der Waals surface area (Å²) in [5.41, 5.74) is 1.94. The van der Waals surface area contributed by atoms with Gasteiger partial charge in [-0.15, -0.1) is 12.4 Å². The Kier molecular flexibility index (Phi) is 8.83. The summed E-state index contributed by atoms with van der Waals surface area (Å²) in [6.07, 6.45) is 6.28. The first-order valence-electron chi connectivity index (χ1n) is 9.78. The summed E-state index contributed by atoms with van der Waals surface area (Å²) in [5, 5.41) is 3.57. The van der Waals surface area contributed by atoms with Gasteiger partial charge in [0.05, 0.1) is 0 Å². The summed E-state index contributed by atoms with van der Waals surface area (Å²) in [6.45, 7) is 2.69. The van der Waals surface area contributed by atoms with Gasteiger partial charge in [0.15, 0.2) is 0 Å². The predicted molar refractivity (Wildman–Crippen MR) is 112 cm³/mol. The van der Waals surface area contributed by atoms with Gasteiger partial charge in [-0.3, -0.25) is 4.79 Å². The Morgan fingerprint density at radius 1 is 0.963 bits per heavy atom. The van der Waals surface area contributed by atoms with Crippen molar-refractivity contribution in [2.45, 2.75) is 57.1 Å². The van der Waals surface area contributed by atoms with Gasteiger partial charge in [-0.1, -0.05) is 79.9 Å². The zero-order chi connectivity index (χ0) is 18.2. The van der Waals surface area contributed by atoms with Gasteiger partial charge in [-0.25, -0.2) is 0 Å². The van der Waals surface area contributed by atoms with Crippen molar-refractivity contribution in [2.24, 2.45) is 0 Å². The summed E-state index contributed by atoms with van der Waals surface area (Å²) in [5.74, 6) is -0.560. The fourth-order valence-electron chi connectivity index (χ4n) is 3.70. The van der Waals surface area contributed by atoms with Gasteiger partial charge in [0.25, 0.3) is 0 Å². The first-order chi connectivity index (χ1) is 12.7. The van der Waals surface area contributed by atoms with Crippen LogP contribution in [0.3, 0.4) is 0 Å². The summed E-state index contributed by atoms with van der Waals surface area (Å²) in [7, 11) is 0. The van der Waals surface area contributed by atoms with Gasteiger partial charge in [-0.05, 0) is 30.9 Å². The van der Waals surface area contributed by atoms with Crippen LogP contribution in [-0.4, -0.2) is 24.7 Å². The number of hydrogen-bond donors (Lipinski definition) is 1. The summed E-state index contributed by atoms with van der Waals surface area (Å²) < 4.78 is 5.81. The molecule has 1 aliphatic rings. The molecular weight excluding hydrogens is 358 g/mol. The second-order valence-corrected chi connectivity index (χ2v) is 7.25. The molecule has 2 aromatic rings. The van der Waals surface area contributed by atoms with Gasteiger partial charge in [0.1, 0.15) is 12.0 Å². The van der Waals surface area contributed by atoms with Gasteiger partial charge >= 0.3 is 5.97 Å². The number of rotatable bonds is 7. The van der Waals surface area contributed by atoms with E-state index in [9.17, 15) is 4.79 Å². The number of carbonyl (C=O) groups is 1. The lowest BCUT2D eigenvalue weighted by Crippen LogP contribution is -2.38. The average Bonchev–Trinajstić information content (AvgIpc) is 2.69. The smallest absolute Gasteiger partial charge is 0.318 e. The Hall–Kier alpha value is -1.84. The molecule has 0 saturated heterocycles. The highest BCUT2D eigenvalue weighted by atomic mass is 35.5. The molecular formula is C23H30ClNO2. The van der Waals surface area contributed by atoms with E-state index in [0.717, 1.165) is 11.1 Å². The number of nitrogens with one attached hydrogen (secondary N) is 1. The summed E-state index contributed by atoms with van der Waals surface area (Å²) in [4.78, 5) is 13.0. The van der Waals surface area contributed by atoms with E-state index >= 15 is 0 Å². The minimum atomic E-state index is -0.380. The second kappa shape index (κ2) is 11.1. The molecule has 0 heterocycles. The van der Waals surface area contributed by atoms with Crippen LogP contribution in [0.4, 0.5) is 0 Å². The van der Waals surface area contributed by atoms with Crippen molar-refractivity contribution in [2.75, 3.05) is 6.54 Å². The summed E-state index contributed by atoms with van der Waals surface area (Å²) in [6, 6.07) is 20.3. The Bertz CT molecular complexity index is 632. The number of hydrogen-bond acceptors (Lipinski definition) is 3. The molecule has 0 amide bonds. The van der Waals surface area contributed by atoms with E-state index < -0.39 is 0 Å². The van der Waals surface area contributed by atoms with Gasteiger partial charge < -0.3 is 10.1 Å². The fourth-order valence-corrected chi connectivity index (χ4v) is 3.70. The predicted octanol–water partition coefficient (Wildman–Crippen LogP) is 5.09. The largest absolute Gasteiger partial charge is 0.461 e. The number of halogens is 1. The topological polar surface area (TPSA) is 38.3 Å². The molecule has 1 saturated carbocycles. The lowest BCUT2D eigenvalue weighted by Gasteiger charge is -2.25. The van der Waals surface area contributed by atoms with Crippen molar-refractivity contribution in [1.29, 1.82) is 0 Å². The van der Waals surface area contributed by atoms with Crippen LogP contribution in [0.15, 0.2) is 60.7 Å². The maximum absolute atomic E-state index is 13.0. The molecule has 0 bridgehead atoms. The van der Waals surface area contributed by atoms with Crippen LogP contribution < -0.4 is 5.32 Å². The molecule has 27 heavy (non-hydrogen) atoms. The van der Waals surface area contributed by atoms with Crippen molar-refractivity contribution in [3.8, 4) is 0 Å². The third-order valence-electron chi connectivity index (χ3n) is 5.12. The monoisotopic (exact) mass is 387 g/mol. The van der Waals surface area contributed by atoms with Crippen LogP contribution >= 0.6 is 12.4 Å². The van der Waals surface area contributed by atoms with Crippen molar-refractivity contribution < 1.29 is 9.53 Å². The molecule has 0 aromatic heterocycles. The number of esters is 1. The van der Waals surface area contributed by atoms with Crippen LogP contribution in [0.5, 0.6) is 0 Å². The van der Waals surface area contributed by atoms with Gasteiger partial charge in [-0.2, -0.15) is 0 Å². The van der Waals surface area contributed by atoms with Crippen LogP contribution in [0.1, 0.15) is 56.1 Å². The number of carbonyl (C=O) groups excluding carboxylic acids is 1. The molecule has 2 aromatic carbocycles.